The zero-order chi connectivity index (χ0) is 20.4. The molecule has 3 aromatic rings. The van der Waals surface area contributed by atoms with Crippen LogP contribution in [0.2, 0.25) is 10.0 Å². The molecule has 0 aliphatic rings. The molecule has 28 heavy (non-hydrogen) atoms. The lowest BCUT2D eigenvalue weighted by Crippen LogP contribution is -2.33. The summed E-state index contributed by atoms with van der Waals surface area (Å²) in [5.41, 5.74) is 2.95. The van der Waals surface area contributed by atoms with E-state index in [4.69, 9.17) is 23.2 Å². The highest BCUT2D eigenvalue weighted by molar-refractivity contribution is 6.43. The highest BCUT2D eigenvalue weighted by Gasteiger charge is 2.27. The van der Waals surface area contributed by atoms with Gasteiger partial charge in [0.2, 0.25) is 0 Å². The van der Waals surface area contributed by atoms with Gasteiger partial charge in [-0.3, -0.25) is 9.59 Å². The van der Waals surface area contributed by atoms with Crippen molar-refractivity contribution < 1.29 is 9.59 Å². The summed E-state index contributed by atoms with van der Waals surface area (Å²) in [5.74, 6) is -1.23. The Balaban J connectivity index is 1.86. The molecule has 5 nitrogen and oxygen atoms in total. The molecule has 0 aliphatic heterocycles. The number of likely N-dealkylation sites (N-methyl/N-ethyl adjacent to an activating group) is 1. The predicted molar refractivity (Wildman–Crippen MR) is 110 cm³/mol. The average molecular weight is 416 g/mol. The lowest BCUT2D eigenvalue weighted by molar-refractivity contribution is -0.125. The number of aromatic nitrogens is 2. The number of halogens is 2. The number of nitrogens with zero attached hydrogens (tertiary/aromatic N) is 3. The number of amides is 1. The van der Waals surface area contributed by atoms with Gasteiger partial charge in [0.15, 0.2) is 0 Å². The van der Waals surface area contributed by atoms with Crippen LogP contribution in [0.25, 0.3) is 5.69 Å². The number of para-hydroxylation sites is 1. The van der Waals surface area contributed by atoms with Crippen molar-refractivity contribution in [2.45, 2.75) is 20.4 Å². The maximum Gasteiger partial charge on any atom is 0.295 e. The van der Waals surface area contributed by atoms with Crippen LogP contribution >= 0.6 is 23.2 Å². The third-order valence-corrected chi connectivity index (χ3v) is 5.36. The molecule has 0 spiro atoms. The molecular weight excluding hydrogens is 397 g/mol. The van der Waals surface area contributed by atoms with E-state index >= 15 is 0 Å². The molecule has 0 aliphatic carbocycles. The predicted octanol–water partition coefficient (Wildman–Crippen LogP) is 4.64. The highest BCUT2D eigenvalue weighted by atomic mass is 35.5. The lowest BCUT2D eigenvalue weighted by atomic mass is 10.1. The third kappa shape index (κ3) is 3.81. The second-order valence-electron chi connectivity index (χ2n) is 6.50. The summed E-state index contributed by atoms with van der Waals surface area (Å²) in [7, 11) is 1.56. The number of benzene rings is 2. The van der Waals surface area contributed by atoms with Crippen molar-refractivity contribution in [3.05, 3.63) is 81.1 Å². The van der Waals surface area contributed by atoms with Crippen molar-refractivity contribution in [1.82, 2.24) is 14.7 Å². The number of hydrogen-bond donors (Lipinski definition) is 0. The number of carbonyl (C=O) groups is 2. The Morgan fingerprint density at radius 2 is 1.71 bits per heavy atom. The fourth-order valence-corrected chi connectivity index (χ4v) is 3.45. The van der Waals surface area contributed by atoms with Crippen LogP contribution in [0.15, 0.2) is 48.5 Å². The van der Waals surface area contributed by atoms with Gasteiger partial charge in [0.05, 0.1) is 32.7 Å². The van der Waals surface area contributed by atoms with Crippen molar-refractivity contribution in [2.24, 2.45) is 0 Å². The first-order chi connectivity index (χ1) is 13.3. The number of aryl methyl sites for hydroxylation is 1. The monoisotopic (exact) mass is 415 g/mol. The van der Waals surface area contributed by atoms with Gasteiger partial charge in [-0.15, -0.1) is 0 Å². The van der Waals surface area contributed by atoms with Crippen molar-refractivity contribution in [2.75, 3.05) is 7.05 Å². The Morgan fingerprint density at radius 1 is 1.04 bits per heavy atom. The van der Waals surface area contributed by atoms with Crippen LogP contribution in [-0.2, 0) is 11.3 Å². The molecule has 1 aromatic heterocycles. The van der Waals surface area contributed by atoms with Crippen LogP contribution in [0.3, 0.4) is 0 Å². The largest absolute Gasteiger partial charge is 0.334 e. The maximum absolute atomic E-state index is 12.9. The van der Waals surface area contributed by atoms with Crippen molar-refractivity contribution in [1.29, 1.82) is 0 Å². The minimum Gasteiger partial charge on any atom is -0.334 e. The van der Waals surface area contributed by atoms with Crippen molar-refractivity contribution in [3.63, 3.8) is 0 Å². The minimum atomic E-state index is -0.630. The van der Waals surface area contributed by atoms with Gasteiger partial charge in [-0.05, 0) is 37.6 Å². The van der Waals surface area contributed by atoms with Crippen LogP contribution < -0.4 is 0 Å². The Labute approximate surface area is 173 Å². The van der Waals surface area contributed by atoms with E-state index in [0.717, 1.165) is 5.69 Å². The number of hydrogen-bond acceptors (Lipinski definition) is 3. The van der Waals surface area contributed by atoms with E-state index in [0.29, 0.717) is 32.6 Å². The Hall–Kier alpha value is -2.63. The molecule has 1 heterocycles. The van der Waals surface area contributed by atoms with Gasteiger partial charge in [-0.2, -0.15) is 5.10 Å². The molecule has 0 N–H and O–H groups in total. The topological polar surface area (TPSA) is 55.2 Å². The van der Waals surface area contributed by atoms with Gasteiger partial charge in [0, 0.05) is 13.6 Å². The molecule has 0 saturated carbocycles. The number of rotatable bonds is 5. The maximum atomic E-state index is 12.9. The van der Waals surface area contributed by atoms with Gasteiger partial charge >= 0.3 is 0 Å². The van der Waals surface area contributed by atoms with Crippen molar-refractivity contribution in [3.8, 4) is 5.69 Å². The molecule has 7 heteroatoms. The zero-order valence-corrected chi connectivity index (χ0v) is 17.3. The average Bonchev–Trinajstić information content (AvgIpc) is 2.99. The molecule has 144 valence electrons. The molecule has 0 bridgehead atoms. The molecular formula is C21H19Cl2N3O2. The summed E-state index contributed by atoms with van der Waals surface area (Å²) >= 11 is 12.2. The van der Waals surface area contributed by atoms with E-state index in [2.05, 4.69) is 5.10 Å². The second-order valence-corrected chi connectivity index (χ2v) is 7.28. The standard InChI is InChI=1S/C21H19Cl2N3O2/c1-13-18(14(2)26(24-13)16-9-5-4-6-10-16)20(27)21(28)25(3)12-15-8-7-11-17(22)19(15)23/h4-11H,12H2,1-3H3. The number of Topliss-reactive ketones (excluding diaryl/α,β-unsaturated/α-hetero) is 1. The summed E-state index contributed by atoms with van der Waals surface area (Å²) in [4.78, 5) is 27.0. The molecule has 0 radical (unpaired) electrons. The first-order valence-electron chi connectivity index (χ1n) is 8.65. The fraction of sp³-hybridized carbons (Fsp3) is 0.190. The number of ketones is 1. The van der Waals surface area contributed by atoms with E-state index in [1.54, 1.807) is 43.8 Å². The van der Waals surface area contributed by atoms with Crippen LogP contribution in [0.5, 0.6) is 0 Å². The van der Waals surface area contributed by atoms with E-state index in [1.807, 2.05) is 30.3 Å². The Bertz CT molecular complexity index is 1050. The minimum absolute atomic E-state index is 0.175. The Morgan fingerprint density at radius 3 is 2.39 bits per heavy atom. The summed E-state index contributed by atoms with van der Waals surface area (Å²) in [6.45, 7) is 3.68. The van der Waals surface area contributed by atoms with Crippen molar-refractivity contribution >= 4 is 34.9 Å². The van der Waals surface area contributed by atoms with Gasteiger partial charge in [0.25, 0.3) is 11.7 Å². The summed E-state index contributed by atoms with van der Waals surface area (Å²) in [6.07, 6.45) is 0. The molecule has 0 fully saturated rings. The van der Waals surface area contributed by atoms with Gasteiger partial charge in [-0.25, -0.2) is 4.68 Å². The zero-order valence-electron chi connectivity index (χ0n) is 15.7. The van der Waals surface area contributed by atoms with Crippen LogP contribution in [0.4, 0.5) is 0 Å². The van der Waals surface area contributed by atoms with E-state index in [-0.39, 0.29) is 6.54 Å². The third-order valence-electron chi connectivity index (χ3n) is 4.50. The summed E-state index contributed by atoms with van der Waals surface area (Å²) in [5, 5.41) is 5.22. The summed E-state index contributed by atoms with van der Waals surface area (Å²) < 4.78 is 1.67. The molecule has 1 amide bonds. The number of carbonyl (C=O) groups excluding carboxylic acids is 2. The molecule has 0 atom stereocenters. The lowest BCUT2D eigenvalue weighted by Gasteiger charge is -2.17. The summed E-state index contributed by atoms with van der Waals surface area (Å²) in [6, 6.07) is 14.7. The molecule has 0 saturated heterocycles. The van der Waals surface area contributed by atoms with Gasteiger partial charge < -0.3 is 4.90 Å². The fourth-order valence-electron chi connectivity index (χ4n) is 3.07. The molecule has 2 aromatic carbocycles. The van der Waals surface area contributed by atoms with Crippen LogP contribution in [0.1, 0.15) is 27.3 Å². The normalized spacial score (nSPS) is 10.8. The van der Waals surface area contributed by atoms with E-state index in [1.165, 1.54) is 4.90 Å². The smallest absolute Gasteiger partial charge is 0.295 e. The van der Waals surface area contributed by atoms with Gasteiger partial charge in [0.1, 0.15) is 0 Å². The first kappa shape index (κ1) is 20.1. The molecule has 3 rings (SSSR count). The first-order valence-corrected chi connectivity index (χ1v) is 9.41. The quantitative estimate of drug-likeness (QED) is 0.450. The second kappa shape index (κ2) is 8.17. The van der Waals surface area contributed by atoms with E-state index < -0.39 is 11.7 Å². The van der Waals surface area contributed by atoms with Crippen LogP contribution in [-0.4, -0.2) is 33.4 Å². The Kier molecular flexibility index (Phi) is 5.87. The van der Waals surface area contributed by atoms with E-state index in [9.17, 15) is 9.59 Å². The molecule has 0 unspecified atom stereocenters. The van der Waals surface area contributed by atoms with Crippen LogP contribution in [0, 0.1) is 13.8 Å². The van der Waals surface area contributed by atoms with Gasteiger partial charge in [-0.1, -0.05) is 53.5 Å². The SMILES string of the molecule is Cc1nn(-c2ccccc2)c(C)c1C(=O)C(=O)N(C)Cc1cccc(Cl)c1Cl. The highest BCUT2D eigenvalue weighted by Crippen LogP contribution is 2.26.